The first-order valence-corrected chi connectivity index (χ1v) is 5.63. The second-order valence-corrected chi connectivity index (χ2v) is 4.40. The van der Waals surface area contributed by atoms with Gasteiger partial charge in [0.15, 0.2) is 0 Å². The van der Waals surface area contributed by atoms with E-state index in [1.165, 1.54) is 36.8 Å². The van der Waals surface area contributed by atoms with Crippen molar-refractivity contribution >= 4 is 0 Å². The molecule has 0 spiro atoms. The summed E-state index contributed by atoms with van der Waals surface area (Å²) in [4.78, 5) is 0. The highest BCUT2D eigenvalue weighted by molar-refractivity contribution is 5.41. The van der Waals surface area contributed by atoms with E-state index in [1.807, 2.05) is 0 Å². The topological polar surface area (TPSA) is 26.0 Å². The standard InChI is InChI=1S/C13H19N/c1-10-6-2-3-7-11(10)12-8-4-5-9-13(12)14/h2-3,7,10H,4-6,8-9,14H2,1H3. The molecule has 0 saturated carbocycles. The summed E-state index contributed by atoms with van der Waals surface area (Å²) in [5, 5.41) is 0. The first-order valence-electron chi connectivity index (χ1n) is 5.63. The quantitative estimate of drug-likeness (QED) is 0.673. The normalized spacial score (nSPS) is 27.8. The Morgan fingerprint density at radius 1 is 1.29 bits per heavy atom. The van der Waals surface area contributed by atoms with Crippen LogP contribution in [0.15, 0.2) is 35.1 Å². The second-order valence-electron chi connectivity index (χ2n) is 4.40. The third-order valence-electron chi connectivity index (χ3n) is 3.29. The molecule has 0 bridgehead atoms. The molecule has 14 heavy (non-hydrogen) atoms. The van der Waals surface area contributed by atoms with Crippen LogP contribution in [0.4, 0.5) is 0 Å². The van der Waals surface area contributed by atoms with Gasteiger partial charge in [0, 0.05) is 5.70 Å². The summed E-state index contributed by atoms with van der Waals surface area (Å²) >= 11 is 0. The molecule has 2 N–H and O–H groups in total. The lowest BCUT2D eigenvalue weighted by Gasteiger charge is -2.25. The highest BCUT2D eigenvalue weighted by Gasteiger charge is 2.18. The van der Waals surface area contributed by atoms with Crippen molar-refractivity contribution < 1.29 is 0 Å². The maximum atomic E-state index is 6.09. The van der Waals surface area contributed by atoms with Gasteiger partial charge in [0.25, 0.3) is 0 Å². The van der Waals surface area contributed by atoms with E-state index in [9.17, 15) is 0 Å². The fourth-order valence-electron chi connectivity index (χ4n) is 2.40. The van der Waals surface area contributed by atoms with Crippen LogP contribution in [0.1, 0.15) is 39.0 Å². The van der Waals surface area contributed by atoms with Crippen molar-refractivity contribution in [3.63, 3.8) is 0 Å². The lowest BCUT2D eigenvalue weighted by atomic mass is 9.82. The van der Waals surface area contributed by atoms with Crippen molar-refractivity contribution in [3.05, 3.63) is 35.1 Å². The zero-order valence-corrected chi connectivity index (χ0v) is 8.92. The summed E-state index contributed by atoms with van der Waals surface area (Å²) in [6.45, 7) is 2.30. The summed E-state index contributed by atoms with van der Waals surface area (Å²) in [5.41, 5.74) is 10.2. The molecule has 0 aromatic rings. The average Bonchev–Trinajstić information content (AvgIpc) is 2.20. The molecule has 0 aromatic heterocycles. The molecule has 2 aliphatic rings. The van der Waals surface area contributed by atoms with Crippen LogP contribution in [-0.2, 0) is 0 Å². The Kier molecular flexibility index (Phi) is 2.76. The lowest BCUT2D eigenvalue weighted by molar-refractivity contribution is 0.627. The van der Waals surface area contributed by atoms with E-state index in [4.69, 9.17) is 5.73 Å². The third-order valence-corrected chi connectivity index (χ3v) is 3.29. The Morgan fingerprint density at radius 3 is 2.79 bits per heavy atom. The molecule has 2 rings (SSSR count). The zero-order valence-electron chi connectivity index (χ0n) is 8.92. The molecule has 76 valence electrons. The van der Waals surface area contributed by atoms with Crippen molar-refractivity contribution in [2.75, 3.05) is 0 Å². The molecule has 0 fully saturated rings. The van der Waals surface area contributed by atoms with Gasteiger partial charge in [-0.2, -0.15) is 0 Å². The van der Waals surface area contributed by atoms with Crippen LogP contribution in [0.2, 0.25) is 0 Å². The van der Waals surface area contributed by atoms with E-state index in [-0.39, 0.29) is 0 Å². The van der Waals surface area contributed by atoms with Crippen LogP contribution in [0.25, 0.3) is 0 Å². The van der Waals surface area contributed by atoms with Crippen molar-refractivity contribution in [3.8, 4) is 0 Å². The van der Waals surface area contributed by atoms with Gasteiger partial charge in [0.1, 0.15) is 0 Å². The minimum atomic E-state index is 0.659. The molecule has 1 heteroatoms. The first kappa shape index (κ1) is 9.57. The lowest BCUT2D eigenvalue weighted by Crippen LogP contribution is -2.13. The fourth-order valence-corrected chi connectivity index (χ4v) is 2.40. The van der Waals surface area contributed by atoms with Gasteiger partial charge in [0.05, 0.1) is 0 Å². The van der Waals surface area contributed by atoms with Crippen molar-refractivity contribution in [2.45, 2.75) is 39.0 Å². The van der Waals surface area contributed by atoms with Crippen LogP contribution >= 0.6 is 0 Å². The van der Waals surface area contributed by atoms with E-state index in [1.54, 1.807) is 0 Å². The largest absolute Gasteiger partial charge is 0.402 e. The molecule has 0 aromatic carbocycles. The third kappa shape index (κ3) is 1.77. The maximum Gasteiger partial charge on any atom is 0.0116 e. The zero-order chi connectivity index (χ0) is 9.97. The molecule has 2 aliphatic carbocycles. The second kappa shape index (κ2) is 4.04. The number of allylic oxidation sites excluding steroid dienone is 6. The molecule has 0 saturated heterocycles. The van der Waals surface area contributed by atoms with E-state index in [0.29, 0.717) is 5.92 Å². The Bertz CT molecular complexity index is 307. The summed E-state index contributed by atoms with van der Waals surface area (Å²) in [6, 6.07) is 0. The summed E-state index contributed by atoms with van der Waals surface area (Å²) in [5.74, 6) is 0.659. The van der Waals surface area contributed by atoms with Gasteiger partial charge < -0.3 is 5.73 Å². The Hall–Kier alpha value is -0.980. The van der Waals surface area contributed by atoms with E-state index in [0.717, 1.165) is 12.1 Å². The summed E-state index contributed by atoms with van der Waals surface area (Å²) < 4.78 is 0. The number of nitrogens with two attached hydrogens (primary N) is 1. The van der Waals surface area contributed by atoms with Gasteiger partial charge in [-0.1, -0.05) is 25.2 Å². The molecule has 0 radical (unpaired) electrons. The van der Waals surface area contributed by atoms with E-state index < -0.39 is 0 Å². The molecule has 1 unspecified atom stereocenters. The van der Waals surface area contributed by atoms with Gasteiger partial charge in [-0.3, -0.25) is 0 Å². The molecule has 0 heterocycles. The Morgan fingerprint density at radius 2 is 2.07 bits per heavy atom. The van der Waals surface area contributed by atoms with Gasteiger partial charge in [-0.15, -0.1) is 0 Å². The van der Waals surface area contributed by atoms with Crippen LogP contribution in [0.5, 0.6) is 0 Å². The minimum Gasteiger partial charge on any atom is -0.402 e. The SMILES string of the molecule is CC1CC=CC=C1C1=C(N)CCCC1. The van der Waals surface area contributed by atoms with Crippen LogP contribution < -0.4 is 5.73 Å². The molecule has 1 nitrogen and oxygen atoms in total. The van der Waals surface area contributed by atoms with Gasteiger partial charge >= 0.3 is 0 Å². The van der Waals surface area contributed by atoms with Crippen LogP contribution in [0.3, 0.4) is 0 Å². The number of hydrogen-bond acceptors (Lipinski definition) is 1. The fraction of sp³-hybridized carbons (Fsp3) is 0.538. The first-order chi connectivity index (χ1) is 6.79. The molecule has 1 atom stereocenters. The average molecular weight is 189 g/mol. The Labute approximate surface area is 86.4 Å². The maximum absolute atomic E-state index is 6.09. The molecule has 0 amide bonds. The Balaban J connectivity index is 2.28. The summed E-state index contributed by atoms with van der Waals surface area (Å²) in [6.07, 6.45) is 12.7. The van der Waals surface area contributed by atoms with Gasteiger partial charge in [-0.25, -0.2) is 0 Å². The van der Waals surface area contributed by atoms with E-state index >= 15 is 0 Å². The highest BCUT2D eigenvalue weighted by atomic mass is 14.6. The van der Waals surface area contributed by atoms with E-state index in [2.05, 4.69) is 25.2 Å². The highest BCUT2D eigenvalue weighted by Crippen LogP contribution is 2.34. The molecular formula is C13H19N. The van der Waals surface area contributed by atoms with Crippen LogP contribution in [0, 0.1) is 5.92 Å². The molecule has 0 aliphatic heterocycles. The van der Waals surface area contributed by atoms with Crippen molar-refractivity contribution in [2.24, 2.45) is 11.7 Å². The smallest absolute Gasteiger partial charge is 0.0116 e. The minimum absolute atomic E-state index is 0.659. The van der Waals surface area contributed by atoms with Gasteiger partial charge in [0.2, 0.25) is 0 Å². The van der Waals surface area contributed by atoms with Crippen molar-refractivity contribution in [1.82, 2.24) is 0 Å². The molecular weight excluding hydrogens is 170 g/mol. The summed E-state index contributed by atoms with van der Waals surface area (Å²) in [7, 11) is 0. The van der Waals surface area contributed by atoms with Crippen LogP contribution in [-0.4, -0.2) is 0 Å². The number of hydrogen-bond donors (Lipinski definition) is 1. The predicted molar refractivity (Wildman–Crippen MR) is 60.7 cm³/mol. The van der Waals surface area contributed by atoms with Gasteiger partial charge in [-0.05, 0) is 49.2 Å². The van der Waals surface area contributed by atoms with Crippen molar-refractivity contribution in [1.29, 1.82) is 0 Å². The predicted octanol–water partition coefficient (Wildman–Crippen LogP) is 3.30. The monoisotopic (exact) mass is 189 g/mol. The number of rotatable bonds is 1.